The zero-order valence-electron chi connectivity index (χ0n) is 9.46. The lowest BCUT2D eigenvalue weighted by Crippen LogP contribution is -2.36. The van der Waals surface area contributed by atoms with Crippen LogP contribution in [0.3, 0.4) is 0 Å². The van der Waals surface area contributed by atoms with Crippen LogP contribution in [0.2, 0.25) is 0 Å². The van der Waals surface area contributed by atoms with Crippen LogP contribution < -0.4 is 5.73 Å². The molecular formula is C10H23NO2. The van der Waals surface area contributed by atoms with Crippen molar-refractivity contribution in [3.8, 4) is 0 Å². The van der Waals surface area contributed by atoms with E-state index in [4.69, 9.17) is 15.2 Å². The quantitative estimate of drug-likeness (QED) is 0.670. The van der Waals surface area contributed by atoms with E-state index in [9.17, 15) is 0 Å². The van der Waals surface area contributed by atoms with Gasteiger partial charge >= 0.3 is 0 Å². The van der Waals surface area contributed by atoms with E-state index in [1.54, 1.807) is 14.2 Å². The second kappa shape index (κ2) is 5.58. The van der Waals surface area contributed by atoms with Gasteiger partial charge < -0.3 is 15.2 Å². The largest absolute Gasteiger partial charge is 0.356 e. The Kier molecular flexibility index (Phi) is 5.53. The molecule has 80 valence electrons. The number of nitrogens with two attached hydrogens (primary N) is 1. The first-order valence-corrected chi connectivity index (χ1v) is 4.73. The van der Waals surface area contributed by atoms with Crippen LogP contribution in [-0.2, 0) is 9.47 Å². The summed E-state index contributed by atoms with van der Waals surface area (Å²) in [6.07, 6.45) is 1.66. The van der Waals surface area contributed by atoms with Crippen molar-refractivity contribution >= 4 is 0 Å². The Labute approximate surface area is 81.6 Å². The highest BCUT2D eigenvalue weighted by Gasteiger charge is 2.21. The van der Waals surface area contributed by atoms with Crippen molar-refractivity contribution in [2.24, 2.45) is 11.1 Å². The standard InChI is InChI=1S/C10H23NO2/c1-10(2,3)8(11)6-7-9(12-4)13-5/h8-9H,6-7,11H2,1-5H3. The molecule has 0 aromatic carbocycles. The van der Waals surface area contributed by atoms with Crippen LogP contribution >= 0.6 is 0 Å². The molecule has 0 saturated carbocycles. The Bertz CT molecular complexity index is 127. The first kappa shape index (κ1) is 12.9. The maximum absolute atomic E-state index is 6.00. The third-order valence-corrected chi connectivity index (χ3v) is 2.35. The summed E-state index contributed by atoms with van der Waals surface area (Å²) in [7, 11) is 3.30. The number of hydrogen-bond acceptors (Lipinski definition) is 3. The summed E-state index contributed by atoms with van der Waals surface area (Å²) < 4.78 is 10.2. The topological polar surface area (TPSA) is 44.5 Å². The van der Waals surface area contributed by atoms with Crippen LogP contribution in [0.1, 0.15) is 33.6 Å². The second-order valence-electron chi connectivity index (χ2n) is 4.45. The van der Waals surface area contributed by atoms with Crippen LogP contribution in [0.15, 0.2) is 0 Å². The maximum atomic E-state index is 6.00. The van der Waals surface area contributed by atoms with E-state index >= 15 is 0 Å². The third kappa shape index (κ3) is 5.24. The molecule has 0 bridgehead atoms. The average Bonchev–Trinajstić information content (AvgIpc) is 2.04. The highest BCUT2D eigenvalue weighted by molar-refractivity contribution is 4.76. The van der Waals surface area contributed by atoms with Gasteiger partial charge in [0.1, 0.15) is 0 Å². The van der Waals surface area contributed by atoms with Crippen LogP contribution in [-0.4, -0.2) is 26.6 Å². The molecule has 1 unspecified atom stereocenters. The summed E-state index contributed by atoms with van der Waals surface area (Å²) in [5, 5.41) is 0. The monoisotopic (exact) mass is 189 g/mol. The fourth-order valence-corrected chi connectivity index (χ4v) is 1.08. The van der Waals surface area contributed by atoms with Gasteiger partial charge in [-0.05, 0) is 18.3 Å². The predicted octanol–water partition coefficient (Wildman–Crippen LogP) is 1.76. The van der Waals surface area contributed by atoms with Crippen LogP contribution in [0.5, 0.6) is 0 Å². The van der Waals surface area contributed by atoms with E-state index in [0.29, 0.717) is 0 Å². The molecular weight excluding hydrogens is 166 g/mol. The van der Waals surface area contributed by atoms with Gasteiger partial charge in [-0.3, -0.25) is 0 Å². The summed E-state index contributed by atoms with van der Waals surface area (Å²) in [4.78, 5) is 0. The van der Waals surface area contributed by atoms with Crippen molar-refractivity contribution in [2.45, 2.75) is 45.9 Å². The first-order chi connectivity index (χ1) is 5.91. The number of methoxy groups -OCH3 is 2. The first-order valence-electron chi connectivity index (χ1n) is 4.73. The highest BCUT2D eigenvalue weighted by Crippen LogP contribution is 2.21. The van der Waals surface area contributed by atoms with E-state index in [-0.39, 0.29) is 17.7 Å². The normalized spacial score (nSPS) is 15.0. The predicted molar refractivity (Wildman–Crippen MR) is 54.5 cm³/mol. The van der Waals surface area contributed by atoms with Crippen molar-refractivity contribution in [1.29, 1.82) is 0 Å². The van der Waals surface area contributed by atoms with Crippen LogP contribution in [0, 0.1) is 5.41 Å². The van der Waals surface area contributed by atoms with Gasteiger partial charge in [-0.1, -0.05) is 20.8 Å². The van der Waals surface area contributed by atoms with Gasteiger partial charge in [0.05, 0.1) is 0 Å². The van der Waals surface area contributed by atoms with Gasteiger partial charge in [-0.25, -0.2) is 0 Å². The Hall–Kier alpha value is -0.120. The molecule has 0 rings (SSSR count). The van der Waals surface area contributed by atoms with E-state index in [1.165, 1.54) is 0 Å². The van der Waals surface area contributed by atoms with Crippen molar-refractivity contribution in [3.05, 3.63) is 0 Å². The molecule has 0 saturated heterocycles. The molecule has 0 aromatic rings. The van der Waals surface area contributed by atoms with Crippen molar-refractivity contribution < 1.29 is 9.47 Å². The smallest absolute Gasteiger partial charge is 0.156 e. The lowest BCUT2D eigenvalue weighted by atomic mass is 9.85. The van der Waals surface area contributed by atoms with Crippen molar-refractivity contribution in [1.82, 2.24) is 0 Å². The SMILES string of the molecule is COC(CCC(N)C(C)(C)C)OC. The van der Waals surface area contributed by atoms with Crippen LogP contribution in [0.4, 0.5) is 0 Å². The van der Waals surface area contributed by atoms with Crippen molar-refractivity contribution in [2.75, 3.05) is 14.2 Å². The van der Waals surface area contributed by atoms with E-state index < -0.39 is 0 Å². The maximum Gasteiger partial charge on any atom is 0.156 e. The fourth-order valence-electron chi connectivity index (χ4n) is 1.08. The number of hydrogen-bond donors (Lipinski definition) is 1. The molecule has 2 N–H and O–H groups in total. The molecule has 1 atom stereocenters. The van der Waals surface area contributed by atoms with Gasteiger partial charge in [0, 0.05) is 20.3 Å². The molecule has 0 aliphatic carbocycles. The highest BCUT2D eigenvalue weighted by atomic mass is 16.7. The average molecular weight is 189 g/mol. The molecule has 0 aliphatic rings. The van der Waals surface area contributed by atoms with Gasteiger partial charge in [0.15, 0.2) is 6.29 Å². The Morgan fingerprint density at radius 3 is 1.85 bits per heavy atom. The lowest BCUT2D eigenvalue weighted by Gasteiger charge is -2.28. The second-order valence-corrected chi connectivity index (χ2v) is 4.45. The summed E-state index contributed by atoms with van der Waals surface area (Å²) in [6.45, 7) is 6.44. The zero-order valence-corrected chi connectivity index (χ0v) is 9.46. The van der Waals surface area contributed by atoms with Gasteiger partial charge in [-0.2, -0.15) is 0 Å². The minimum Gasteiger partial charge on any atom is -0.356 e. The van der Waals surface area contributed by atoms with Crippen molar-refractivity contribution in [3.63, 3.8) is 0 Å². The van der Waals surface area contributed by atoms with E-state index in [1.807, 2.05) is 0 Å². The molecule has 0 radical (unpaired) electrons. The van der Waals surface area contributed by atoms with E-state index in [2.05, 4.69) is 20.8 Å². The van der Waals surface area contributed by atoms with Crippen LogP contribution in [0.25, 0.3) is 0 Å². The van der Waals surface area contributed by atoms with Gasteiger partial charge in [0.25, 0.3) is 0 Å². The third-order valence-electron chi connectivity index (χ3n) is 2.35. The molecule has 0 heterocycles. The summed E-state index contributed by atoms with van der Waals surface area (Å²) >= 11 is 0. The Morgan fingerprint density at radius 2 is 1.54 bits per heavy atom. The van der Waals surface area contributed by atoms with Gasteiger partial charge in [-0.15, -0.1) is 0 Å². The fraction of sp³-hybridized carbons (Fsp3) is 1.00. The minimum absolute atomic E-state index is 0.117. The lowest BCUT2D eigenvalue weighted by molar-refractivity contribution is -0.108. The molecule has 0 amide bonds. The molecule has 0 aromatic heterocycles. The molecule has 0 aliphatic heterocycles. The van der Waals surface area contributed by atoms with E-state index in [0.717, 1.165) is 12.8 Å². The molecule has 3 heteroatoms. The Morgan fingerprint density at radius 1 is 1.08 bits per heavy atom. The minimum atomic E-state index is -0.117. The Balaban J connectivity index is 3.75. The molecule has 13 heavy (non-hydrogen) atoms. The summed E-state index contributed by atoms with van der Waals surface area (Å²) in [5.41, 5.74) is 6.16. The number of ether oxygens (including phenoxy) is 2. The molecule has 3 nitrogen and oxygen atoms in total. The molecule has 0 spiro atoms. The number of rotatable bonds is 5. The molecule has 0 fully saturated rings. The summed E-state index contributed by atoms with van der Waals surface area (Å²) in [5.74, 6) is 0. The summed E-state index contributed by atoms with van der Waals surface area (Å²) in [6, 6.07) is 0.195. The van der Waals surface area contributed by atoms with Gasteiger partial charge in [0.2, 0.25) is 0 Å². The zero-order chi connectivity index (χ0) is 10.5.